The third-order valence-electron chi connectivity index (χ3n) is 11.5. The first kappa shape index (κ1) is 34.0. The van der Waals surface area contributed by atoms with Crippen LogP contribution < -0.4 is 4.90 Å². The van der Waals surface area contributed by atoms with Gasteiger partial charge in [-0.25, -0.2) is 0 Å². The molecule has 0 saturated carbocycles. The maximum atomic E-state index is 2.43. The van der Waals surface area contributed by atoms with Crippen molar-refractivity contribution in [1.82, 2.24) is 0 Å². The van der Waals surface area contributed by atoms with Crippen molar-refractivity contribution in [2.24, 2.45) is 0 Å². The number of hydrogen-bond donors (Lipinski definition) is 0. The van der Waals surface area contributed by atoms with Crippen molar-refractivity contribution in [2.75, 3.05) is 4.90 Å². The Hall–Kier alpha value is -7.26. The molecule has 0 aliphatic heterocycles. The third kappa shape index (κ3) is 5.86. The number of rotatable bonds is 7. The number of nitrogens with zero attached hydrogens (tertiary/aromatic N) is 1. The average molecular weight is 756 g/mol. The molecule has 1 aromatic heterocycles. The minimum absolute atomic E-state index is 1.11. The fourth-order valence-electron chi connectivity index (χ4n) is 8.78. The Morgan fingerprint density at radius 3 is 1.52 bits per heavy atom. The van der Waals surface area contributed by atoms with Crippen molar-refractivity contribution < 1.29 is 0 Å². The molecule has 0 aliphatic carbocycles. The normalized spacial score (nSPS) is 11.4. The first-order valence-electron chi connectivity index (χ1n) is 19.8. The summed E-state index contributed by atoms with van der Waals surface area (Å²) in [6.45, 7) is 0. The summed E-state index contributed by atoms with van der Waals surface area (Å²) in [5.74, 6) is 0. The molecule has 0 fully saturated rings. The predicted octanol–water partition coefficient (Wildman–Crippen LogP) is 16.5. The zero-order chi connectivity index (χ0) is 38.4. The molecule has 10 aromatic carbocycles. The van der Waals surface area contributed by atoms with Gasteiger partial charge in [-0.15, -0.1) is 11.3 Å². The quantitative estimate of drug-likeness (QED) is 0.157. The van der Waals surface area contributed by atoms with Crippen LogP contribution in [0.2, 0.25) is 0 Å². The lowest BCUT2D eigenvalue weighted by Crippen LogP contribution is -2.10. The highest BCUT2D eigenvalue weighted by Gasteiger charge is 2.20. The topological polar surface area (TPSA) is 3.24 Å². The molecule has 0 bridgehead atoms. The molecule has 11 aromatic rings. The minimum Gasteiger partial charge on any atom is -0.309 e. The van der Waals surface area contributed by atoms with Crippen LogP contribution in [0.3, 0.4) is 0 Å². The minimum atomic E-state index is 1.11. The van der Waals surface area contributed by atoms with Crippen molar-refractivity contribution in [1.29, 1.82) is 0 Å². The Morgan fingerprint density at radius 1 is 0.310 bits per heavy atom. The van der Waals surface area contributed by atoms with Crippen molar-refractivity contribution in [3.63, 3.8) is 0 Å². The smallest absolute Gasteiger partial charge is 0.0640 e. The van der Waals surface area contributed by atoms with E-state index in [2.05, 4.69) is 229 Å². The number of hydrogen-bond acceptors (Lipinski definition) is 2. The summed E-state index contributed by atoms with van der Waals surface area (Å²) in [5, 5.41) is 7.59. The Balaban J connectivity index is 1.06. The van der Waals surface area contributed by atoms with E-state index in [-0.39, 0.29) is 0 Å². The first-order valence-corrected chi connectivity index (χ1v) is 20.7. The van der Waals surface area contributed by atoms with Crippen LogP contribution in [0, 0.1) is 0 Å². The highest BCUT2D eigenvalue weighted by atomic mass is 32.1. The Bertz CT molecular complexity index is 3250. The lowest BCUT2D eigenvalue weighted by Gasteiger charge is -2.27. The molecule has 0 amide bonds. The third-order valence-corrected chi connectivity index (χ3v) is 12.7. The van der Waals surface area contributed by atoms with Crippen molar-refractivity contribution in [3.05, 3.63) is 224 Å². The molecule has 1 heterocycles. The molecule has 0 aliphatic rings. The molecule has 11 rings (SSSR count). The van der Waals surface area contributed by atoms with E-state index in [0.717, 1.165) is 11.4 Å². The maximum Gasteiger partial charge on any atom is 0.0640 e. The summed E-state index contributed by atoms with van der Waals surface area (Å²) in [6.07, 6.45) is 0. The predicted molar refractivity (Wildman–Crippen MR) is 251 cm³/mol. The fourth-order valence-corrected chi connectivity index (χ4v) is 9.99. The van der Waals surface area contributed by atoms with Gasteiger partial charge in [0.15, 0.2) is 0 Å². The number of anilines is 3. The van der Waals surface area contributed by atoms with E-state index in [1.807, 2.05) is 11.3 Å². The van der Waals surface area contributed by atoms with E-state index in [9.17, 15) is 0 Å². The SMILES string of the molecule is c1ccc(-c2c(-c3ccc(N(c4ccc(-c5cccc6cccc(-c7ccccc7)c56)cc4)c4cccc5c4sc4ccccc45)cc3)ccc3ccccc23)cc1. The van der Waals surface area contributed by atoms with Gasteiger partial charge in [-0.1, -0.05) is 188 Å². The van der Waals surface area contributed by atoms with Gasteiger partial charge >= 0.3 is 0 Å². The monoisotopic (exact) mass is 755 g/mol. The van der Waals surface area contributed by atoms with Gasteiger partial charge < -0.3 is 4.90 Å². The molecule has 0 N–H and O–H groups in total. The highest BCUT2D eigenvalue weighted by Crippen LogP contribution is 2.46. The Morgan fingerprint density at radius 2 is 0.828 bits per heavy atom. The second-order valence-corrected chi connectivity index (χ2v) is 15.9. The van der Waals surface area contributed by atoms with Crippen LogP contribution in [0.5, 0.6) is 0 Å². The summed E-state index contributed by atoms with van der Waals surface area (Å²) in [4.78, 5) is 2.43. The number of benzene rings is 10. The van der Waals surface area contributed by atoms with E-state index in [4.69, 9.17) is 0 Å². The van der Waals surface area contributed by atoms with Crippen molar-refractivity contribution in [3.8, 4) is 44.5 Å². The maximum absolute atomic E-state index is 2.43. The van der Waals surface area contributed by atoms with Gasteiger partial charge in [0.05, 0.1) is 10.4 Å². The molecule has 272 valence electrons. The van der Waals surface area contributed by atoms with Gasteiger partial charge in [0, 0.05) is 26.8 Å². The molecule has 58 heavy (non-hydrogen) atoms. The summed E-state index contributed by atoms with van der Waals surface area (Å²) >= 11 is 1.87. The van der Waals surface area contributed by atoms with E-state index in [1.165, 1.54) is 91.9 Å². The molecule has 0 radical (unpaired) electrons. The van der Waals surface area contributed by atoms with Gasteiger partial charge in [0.25, 0.3) is 0 Å². The molecule has 0 spiro atoms. The van der Waals surface area contributed by atoms with E-state index in [0.29, 0.717) is 0 Å². The van der Waals surface area contributed by atoms with Crippen LogP contribution in [-0.4, -0.2) is 0 Å². The summed E-state index contributed by atoms with van der Waals surface area (Å²) in [7, 11) is 0. The van der Waals surface area contributed by atoms with Crippen LogP contribution in [0.1, 0.15) is 0 Å². The largest absolute Gasteiger partial charge is 0.309 e. The molecule has 0 unspecified atom stereocenters. The van der Waals surface area contributed by atoms with Crippen molar-refractivity contribution >= 4 is 70.1 Å². The van der Waals surface area contributed by atoms with Gasteiger partial charge in [0.2, 0.25) is 0 Å². The van der Waals surface area contributed by atoms with Gasteiger partial charge in [-0.3, -0.25) is 0 Å². The lowest BCUT2D eigenvalue weighted by molar-refractivity contribution is 1.30. The second-order valence-electron chi connectivity index (χ2n) is 14.8. The first-order chi connectivity index (χ1) is 28.8. The fraction of sp³-hybridized carbons (Fsp3) is 0. The zero-order valence-corrected chi connectivity index (χ0v) is 32.5. The van der Waals surface area contributed by atoms with E-state index < -0.39 is 0 Å². The molecule has 1 nitrogen and oxygen atoms in total. The van der Waals surface area contributed by atoms with Crippen LogP contribution in [0.25, 0.3) is 86.2 Å². The van der Waals surface area contributed by atoms with Crippen LogP contribution in [0.4, 0.5) is 17.1 Å². The molecular weight excluding hydrogens is 719 g/mol. The molecule has 2 heteroatoms. The number of thiophene rings is 1. The van der Waals surface area contributed by atoms with Gasteiger partial charge in [-0.2, -0.15) is 0 Å². The molecule has 0 saturated heterocycles. The summed E-state index contributed by atoms with van der Waals surface area (Å²) in [5.41, 5.74) is 13.2. The van der Waals surface area contributed by atoms with Crippen molar-refractivity contribution in [2.45, 2.75) is 0 Å². The Labute approximate surface area is 342 Å². The van der Waals surface area contributed by atoms with Crippen LogP contribution in [-0.2, 0) is 0 Å². The van der Waals surface area contributed by atoms with Gasteiger partial charge in [-0.05, 0) is 102 Å². The average Bonchev–Trinajstić information content (AvgIpc) is 3.69. The van der Waals surface area contributed by atoms with Crippen LogP contribution in [0.15, 0.2) is 224 Å². The Kier molecular flexibility index (Phi) is 8.42. The summed E-state index contributed by atoms with van der Waals surface area (Å²) < 4.78 is 2.57. The second kappa shape index (κ2) is 14.4. The lowest BCUT2D eigenvalue weighted by atomic mass is 9.90. The van der Waals surface area contributed by atoms with Crippen LogP contribution >= 0.6 is 11.3 Å². The van der Waals surface area contributed by atoms with Gasteiger partial charge in [0.1, 0.15) is 0 Å². The highest BCUT2D eigenvalue weighted by molar-refractivity contribution is 7.26. The van der Waals surface area contributed by atoms with E-state index >= 15 is 0 Å². The summed E-state index contributed by atoms with van der Waals surface area (Å²) in [6, 6.07) is 81.8. The molecule has 0 atom stereocenters. The molecular formula is C56H37NS. The van der Waals surface area contributed by atoms with E-state index in [1.54, 1.807) is 0 Å². The standard InChI is InChI=1S/C56H37NS/c1-3-14-38(15-4-1)47-23-11-19-43-20-12-24-48(54(43)47)40-28-33-44(34-29-40)57(52-26-13-25-51-50-22-9-10-27-53(50)58-56(51)52)45-35-30-41(31-36-45)49-37-32-39-16-7-8-21-46(39)55(49)42-17-5-2-6-18-42/h1-37H. The zero-order valence-electron chi connectivity index (χ0n) is 31.7. The number of fused-ring (bicyclic) bond motifs is 5.